The van der Waals surface area contributed by atoms with Gasteiger partial charge in [-0.2, -0.15) is 0 Å². The molecule has 0 bridgehead atoms. The third-order valence-corrected chi connectivity index (χ3v) is 3.92. The summed E-state index contributed by atoms with van der Waals surface area (Å²) in [5.74, 6) is 1.41. The topological polar surface area (TPSA) is 47.6 Å². The van der Waals surface area contributed by atoms with Gasteiger partial charge < -0.3 is 10.5 Å². The molecular weight excluding hydrogens is 200 g/mol. The first-order valence-electron chi connectivity index (χ1n) is 6.63. The molecule has 0 spiro atoms. The van der Waals surface area contributed by atoms with Crippen molar-refractivity contribution in [1.29, 1.82) is 0 Å². The van der Waals surface area contributed by atoms with Gasteiger partial charge in [-0.3, -0.25) is 4.99 Å². The van der Waals surface area contributed by atoms with Crippen molar-refractivity contribution in [3.8, 4) is 0 Å². The van der Waals surface area contributed by atoms with E-state index < -0.39 is 0 Å². The predicted octanol–water partition coefficient (Wildman–Crippen LogP) is 2.49. The third-order valence-electron chi connectivity index (χ3n) is 3.92. The monoisotopic (exact) mass is 224 g/mol. The zero-order valence-electron chi connectivity index (χ0n) is 10.4. The highest BCUT2D eigenvalue weighted by molar-refractivity contribution is 5.82. The number of rotatable bonds is 3. The van der Waals surface area contributed by atoms with Gasteiger partial charge >= 0.3 is 0 Å². The van der Waals surface area contributed by atoms with Crippen molar-refractivity contribution in [2.75, 3.05) is 13.2 Å². The molecule has 2 aliphatic rings. The Kier molecular flexibility index (Phi) is 3.85. The van der Waals surface area contributed by atoms with Gasteiger partial charge in [0.15, 0.2) is 0 Å². The smallest absolute Gasteiger partial charge is 0.0969 e. The summed E-state index contributed by atoms with van der Waals surface area (Å²) in [5.41, 5.74) is 6.04. The number of nitrogens with two attached hydrogens (primary N) is 1. The molecular formula is C13H24N2O. The zero-order chi connectivity index (χ0) is 11.4. The minimum atomic E-state index is -0.0424. The van der Waals surface area contributed by atoms with Crippen LogP contribution in [0.3, 0.4) is 0 Å². The molecule has 3 nitrogen and oxygen atoms in total. The van der Waals surface area contributed by atoms with Crippen molar-refractivity contribution < 1.29 is 4.74 Å². The Morgan fingerprint density at radius 3 is 2.69 bits per heavy atom. The van der Waals surface area contributed by atoms with Crippen LogP contribution in [0.5, 0.6) is 0 Å². The molecule has 3 heteroatoms. The van der Waals surface area contributed by atoms with E-state index in [0.29, 0.717) is 5.92 Å². The van der Waals surface area contributed by atoms with Crippen LogP contribution in [0.4, 0.5) is 0 Å². The van der Waals surface area contributed by atoms with E-state index >= 15 is 0 Å². The molecule has 0 amide bonds. The predicted molar refractivity (Wildman–Crippen MR) is 66.7 cm³/mol. The molecule has 2 fully saturated rings. The summed E-state index contributed by atoms with van der Waals surface area (Å²) in [6.07, 6.45) is 8.73. The standard InChI is InChI=1S/C13H24N2O/c1-13(8-5-9-16-13)10-15-12(14)11-6-3-2-4-7-11/h11H,2-10H2,1H3,(H2,14,15). The van der Waals surface area contributed by atoms with E-state index in [0.717, 1.165) is 31.8 Å². The van der Waals surface area contributed by atoms with Crippen LogP contribution in [-0.2, 0) is 4.74 Å². The van der Waals surface area contributed by atoms with Crippen LogP contribution in [0.1, 0.15) is 51.9 Å². The Morgan fingerprint density at radius 2 is 2.06 bits per heavy atom. The summed E-state index contributed by atoms with van der Waals surface area (Å²) in [6, 6.07) is 0. The first-order chi connectivity index (χ1) is 7.70. The summed E-state index contributed by atoms with van der Waals surface area (Å²) >= 11 is 0. The maximum atomic E-state index is 6.08. The first-order valence-corrected chi connectivity index (χ1v) is 6.63. The Hall–Kier alpha value is -0.570. The van der Waals surface area contributed by atoms with Gasteiger partial charge in [-0.25, -0.2) is 0 Å². The zero-order valence-corrected chi connectivity index (χ0v) is 10.4. The van der Waals surface area contributed by atoms with E-state index in [1.807, 2.05) is 0 Å². The van der Waals surface area contributed by atoms with Crippen molar-refractivity contribution in [1.82, 2.24) is 0 Å². The van der Waals surface area contributed by atoms with Gasteiger partial charge in [-0.05, 0) is 32.6 Å². The molecule has 16 heavy (non-hydrogen) atoms. The molecule has 0 aromatic heterocycles. The van der Waals surface area contributed by atoms with Crippen LogP contribution >= 0.6 is 0 Å². The average molecular weight is 224 g/mol. The van der Waals surface area contributed by atoms with Gasteiger partial charge in [0.2, 0.25) is 0 Å². The lowest BCUT2D eigenvalue weighted by Gasteiger charge is -2.24. The molecule has 1 aliphatic heterocycles. The molecule has 1 heterocycles. The van der Waals surface area contributed by atoms with E-state index in [1.165, 1.54) is 32.1 Å². The van der Waals surface area contributed by atoms with Crippen LogP contribution in [0.2, 0.25) is 0 Å². The number of amidine groups is 1. The number of nitrogens with zero attached hydrogens (tertiary/aromatic N) is 1. The number of aliphatic imine (C=N–C) groups is 1. The minimum Gasteiger partial charge on any atom is -0.387 e. The highest BCUT2D eigenvalue weighted by Crippen LogP contribution is 2.27. The normalized spacial score (nSPS) is 33.2. The summed E-state index contributed by atoms with van der Waals surface area (Å²) in [7, 11) is 0. The van der Waals surface area contributed by atoms with Gasteiger partial charge in [0.05, 0.1) is 18.0 Å². The van der Waals surface area contributed by atoms with Crippen molar-refractivity contribution in [2.24, 2.45) is 16.6 Å². The highest BCUT2D eigenvalue weighted by Gasteiger charge is 2.29. The Morgan fingerprint density at radius 1 is 1.31 bits per heavy atom. The lowest BCUT2D eigenvalue weighted by molar-refractivity contribution is 0.0283. The molecule has 0 aromatic carbocycles. The number of hydrogen-bond donors (Lipinski definition) is 1. The molecule has 2 N–H and O–H groups in total. The fourth-order valence-corrected chi connectivity index (χ4v) is 2.75. The molecule has 1 unspecified atom stereocenters. The molecule has 0 radical (unpaired) electrons. The fraction of sp³-hybridized carbons (Fsp3) is 0.923. The lowest BCUT2D eigenvalue weighted by atomic mass is 9.88. The van der Waals surface area contributed by atoms with Crippen LogP contribution in [0.25, 0.3) is 0 Å². The van der Waals surface area contributed by atoms with Gasteiger partial charge in [0.25, 0.3) is 0 Å². The number of ether oxygens (including phenoxy) is 1. The second-order valence-electron chi connectivity index (χ2n) is 5.48. The highest BCUT2D eigenvalue weighted by atomic mass is 16.5. The maximum absolute atomic E-state index is 6.08. The molecule has 1 atom stereocenters. The quantitative estimate of drug-likeness (QED) is 0.591. The average Bonchev–Trinajstić information content (AvgIpc) is 2.75. The second-order valence-corrected chi connectivity index (χ2v) is 5.48. The molecule has 1 saturated heterocycles. The summed E-state index contributed by atoms with van der Waals surface area (Å²) in [6.45, 7) is 3.78. The fourth-order valence-electron chi connectivity index (χ4n) is 2.75. The van der Waals surface area contributed by atoms with Gasteiger partial charge in [0, 0.05) is 12.5 Å². The van der Waals surface area contributed by atoms with Gasteiger partial charge in [-0.15, -0.1) is 0 Å². The van der Waals surface area contributed by atoms with Gasteiger partial charge in [0.1, 0.15) is 0 Å². The minimum absolute atomic E-state index is 0.0424. The first kappa shape index (κ1) is 11.9. The SMILES string of the molecule is CC1(CN=C(N)C2CCCCC2)CCCO1. The van der Waals surface area contributed by atoms with E-state index in [2.05, 4.69) is 11.9 Å². The molecule has 0 aromatic rings. The summed E-state index contributed by atoms with van der Waals surface area (Å²) in [5, 5.41) is 0. The van der Waals surface area contributed by atoms with E-state index in [-0.39, 0.29) is 5.60 Å². The van der Waals surface area contributed by atoms with Crippen molar-refractivity contribution in [3.05, 3.63) is 0 Å². The van der Waals surface area contributed by atoms with E-state index in [1.54, 1.807) is 0 Å². The van der Waals surface area contributed by atoms with Crippen LogP contribution in [0, 0.1) is 5.92 Å². The number of hydrogen-bond acceptors (Lipinski definition) is 2. The summed E-state index contributed by atoms with van der Waals surface area (Å²) in [4.78, 5) is 4.57. The van der Waals surface area contributed by atoms with Crippen LogP contribution in [-0.4, -0.2) is 24.6 Å². The van der Waals surface area contributed by atoms with Crippen LogP contribution < -0.4 is 5.73 Å². The summed E-state index contributed by atoms with van der Waals surface area (Å²) < 4.78 is 5.72. The van der Waals surface area contributed by atoms with E-state index in [9.17, 15) is 0 Å². The Bertz CT molecular complexity index is 251. The third kappa shape index (κ3) is 2.97. The molecule has 1 aliphatic carbocycles. The van der Waals surface area contributed by atoms with Crippen molar-refractivity contribution in [3.63, 3.8) is 0 Å². The Labute approximate surface area is 98.5 Å². The van der Waals surface area contributed by atoms with Crippen LogP contribution in [0.15, 0.2) is 4.99 Å². The maximum Gasteiger partial charge on any atom is 0.0969 e. The second kappa shape index (κ2) is 5.17. The molecule has 92 valence electrons. The molecule has 2 rings (SSSR count). The Balaban J connectivity index is 1.85. The molecule has 1 saturated carbocycles. The van der Waals surface area contributed by atoms with Crippen molar-refractivity contribution >= 4 is 5.84 Å². The lowest BCUT2D eigenvalue weighted by Crippen LogP contribution is -2.31. The van der Waals surface area contributed by atoms with E-state index in [4.69, 9.17) is 10.5 Å². The largest absolute Gasteiger partial charge is 0.387 e. The van der Waals surface area contributed by atoms with Gasteiger partial charge in [-0.1, -0.05) is 19.3 Å². The van der Waals surface area contributed by atoms with Crippen molar-refractivity contribution in [2.45, 2.75) is 57.5 Å².